The molecule has 1 aliphatic heterocycles. The van der Waals surface area contributed by atoms with Crippen molar-refractivity contribution in [2.75, 3.05) is 23.3 Å². The maximum Gasteiger partial charge on any atom is 0.255 e. The van der Waals surface area contributed by atoms with Crippen LogP contribution in [-0.4, -0.2) is 24.9 Å². The van der Waals surface area contributed by atoms with Crippen LogP contribution in [0.4, 0.5) is 11.4 Å². The van der Waals surface area contributed by atoms with Gasteiger partial charge in [0, 0.05) is 35.1 Å². The van der Waals surface area contributed by atoms with Gasteiger partial charge in [0.2, 0.25) is 0 Å². The summed E-state index contributed by atoms with van der Waals surface area (Å²) in [6, 6.07) is 22.1. The molecule has 0 aliphatic carbocycles. The molecule has 1 unspecified atom stereocenters. The number of piperidine rings is 1. The molecule has 6 heteroatoms. The molecule has 170 valence electrons. The molecule has 1 saturated heterocycles. The van der Waals surface area contributed by atoms with Crippen molar-refractivity contribution in [1.82, 2.24) is 5.32 Å². The van der Waals surface area contributed by atoms with Crippen molar-refractivity contribution >= 4 is 34.8 Å². The van der Waals surface area contributed by atoms with Crippen molar-refractivity contribution in [1.29, 1.82) is 0 Å². The van der Waals surface area contributed by atoms with Crippen LogP contribution in [0.1, 0.15) is 58.5 Å². The van der Waals surface area contributed by atoms with Crippen LogP contribution in [0.15, 0.2) is 72.8 Å². The fraction of sp³-hybridized carbons (Fsp3) is 0.259. The highest BCUT2D eigenvalue weighted by Gasteiger charge is 2.21. The molecule has 5 nitrogen and oxygen atoms in total. The minimum absolute atomic E-state index is 0.141. The standard InChI is InChI=1S/C27H28ClN3O2/c1-19(20-9-4-2-5-10-20)29-27(33)24-18-23(13-14-25(24)31-15-6-3-7-16-31)30-26(32)21-11-8-12-22(28)17-21/h2,4-5,8-14,17-19H,3,6-7,15-16H2,1H3,(H,29,33)(H,30,32). The van der Waals surface area contributed by atoms with E-state index in [1.165, 1.54) is 6.42 Å². The second-order valence-electron chi connectivity index (χ2n) is 8.35. The molecule has 1 heterocycles. The summed E-state index contributed by atoms with van der Waals surface area (Å²) in [5, 5.41) is 6.51. The van der Waals surface area contributed by atoms with E-state index >= 15 is 0 Å². The second-order valence-corrected chi connectivity index (χ2v) is 8.79. The number of anilines is 2. The molecule has 1 fully saturated rings. The lowest BCUT2D eigenvalue weighted by atomic mass is 10.0. The number of rotatable bonds is 6. The Morgan fingerprint density at radius 1 is 0.879 bits per heavy atom. The smallest absolute Gasteiger partial charge is 0.255 e. The van der Waals surface area contributed by atoms with Gasteiger partial charge in [-0.1, -0.05) is 48.0 Å². The summed E-state index contributed by atoms with van der Waals surface area (Å²) in [6.07, 6.45) is 3.42. The van der Waals surface area contributed by atoms with Gasteiger partial charge in [-0.2, -0.15) is 0 Å². The third kappa shape index (κ3) is 5.74. The van der Waals surface area contributed by atoms with Crippen molar-refractivity contribution < 1.29 is 9.59 Å². The Morgan fingerprint density at radius 2 is 1.64 bits per heavy atom. The number of nitrogens with zero attached hydrogens (tertiary/aromatic N) is 1. The van der Waals surface area contributed by atoms with E-state index in [0.717, 1.165) is 37.2 Å². The lowest BCUT2D eigenvalue weighted by Crippen LogP contribution is -2.33. The zero-order chi connectivity index (χ0) is 23.2. The lowest BCUT2D eigenvalue weighted by Gasteiger charge is -2.31. The first-order valence-corrected chi connectivity index (χ1v) is 11.7. The molecular formula is C27H28ClN3O2. The van der Waals surface area contributed by atoms with Crippen LogP contribution in [0.25, 0.3) is 0 Å². The molecular weight excluding hydrogens is 434 g/mol. The third-order valence-electron chi connectivity index (χ3n) is 5.93. The molecule has 2 amide bonds. The van der Waals surface area contributed by atoms with Crippen molar-refractivity contribution in [3.05, 3.63) is 94.5 Å². The van der Waals surface area contributed by atoms with Gasteiger partial charge in [-0.05, 0) is 68.1 Å². The van der Waals surface area contributed by atoms with Crippen LogP contribution in [0.3, 0.4) is 0 Å². The Balaban J connectivity index is 1.60. The maximum absolute atomic E-state index is 13.4. The topological polar surface area (TPSA) is 61.4 Å². The number of nitrogens with one attached hydrogen (secondary N) is 2. The molecule has 2 N–H and O–H groups in total. The summed E-state index contributed by atoms with van der Waals surface area (Å²) < 4.78 is 0. The monoisotopic (exact) mass is 461 g/mol. The van der Waals surface area contributed by atoms with Crippen LogP contribution in [0.5, 0.6) is 0 Å². The Morgan fingerprint density at radius 3 is 2.36 bits per heavy atom. The summed E-state index contributed by atoms with van der Waals surface area (Å²) in [6.45, 7) is 3.81. The van der Waals surface area contributed by atoms with E-state index in [9.17, 15) is 9.59 Å². The first-order valence-electron chi connectivity index (χ1n) is 11.3. The summed E-state index contributed by atoms with van der Waals surface area (Å²) in [5.74, 6) is -0.432. The van der Waals surface area contributed by atoms with E-state index in [1.807, 2.05) is 49.4 Å². The highest BCUT2D eigenvalue weighted by molar-refractivity contribution is 6.31. The van der Waals surface area contributed by atoms with E-state index in [-0.39, 0.29) is 17.9 Å². The number of carbonyl (C=O) groups is 2. The fourth-order valence-corrected chi connectivity index (χ4v) is 4.33. The van der Waals surface area contributed by atoms with E-state index in [4.69, 9.17) is 11.6 Å². The number of hydrogen-bond donors (Lipinski definition) is 2. The van der Waals surface area contributed by atoms with E-state index in [1.54, 1.807) is 30.3 Å². The molecule has 0 radical (unpaired) electrons. The van der Waals surface area contributed by atoms with E-state index in [0.29, 0.717) is 21.8 Å². The van der Waals surface area contributed by atoms with Gasteiger partial charge in [0.15, 0.2) is 0 Å². The molecule has 0 bridgehead atoms. The highest BCUT2D eigenvalue weighted by atomic mass is 35.5. The number of halogens is 1. The summed E-state index contributed by atoms with van der Waals surface area (Å²) in [5.41, 5.74) is 3.53. The first kappa shape index (κ1) is 22.9. The molecule has 0 spiro atoms. The average molecular weight is 462 g/mol. The number of hydrogen-bond acceptors (Lipinski definition) is 3. The van der Waals surface area contributed by atoms with Crippen molar-refractivity contribution in [3.63, 3.8) is 0 Å². The largest absolute Gasteiger partial charge is 0.371 e. The van der Waals surface area contributed by atoms with Gasteiger partial charge in [0.25, 0.3) is 11.8 Å². The van der Waals surface area contributed by atoms with Gasteiger partial charge in [-0.15, -0.1) is 0 Å². The van der Waals surface area contributed by atoms with Crippen LogP contribution in [-0.2, 0) is 0 Å². The molecule has 0 saturated carbocycles. The summed E-state index contributed by atoms with van der Waals surface area (Å²) in [4.78, 5) is 28.4. The molecule has 1 atom stereocenters. The van der Waals surface area contributed by atoms with Gasteiger partial charge >= 0.3 is 0 Å². The minimum Gasteiger partial charge on any atom is -0.371 e. The van der Waals surface area contributed by atoms with Crippen LogP contribution in [0.2, 0.25) is 5.02 Å². The zero-order valence-corrected chi connectivity index (χ0v) is 19.4. The first-order chi connectivity index (χ1) is 16.0. The molecule has 33 heavy (non-hydrogen) atoms. The molecule has 0 aromatic heterocycles. The number of benzene rings is 3. The van der Waals surface area contributed by atoms with Crippen molar-refractivity contribution in [2.45, 2.75) is 32.2 Å². The predicted octanol–water partition coefficient (Wildman–Crippen LogP) is 6.07. The minimum atomic E-state index is -0.271. The highest BCUT2D eigenvalue weighted by Crippen LogP contribution is 2.28. The van der Waals surface area contributed by atoms with Gasteiger partial charge < -0.3 is 15.5 Å². The van der Waals surface area contributed by atoms with Gasteiger partial charge in [0.1, 0.15) is 0 Å². The normalized spacial score (nSPS) is 14.4. The number of amides is 2. The zero-order valence-electron chi connectivity index (χ0n) is 18.7. The Kier molecular flexibility index (Phi) is 7.30. The second kappa shape index (κ2) is 10.5. The Bertz CT molecular complexity index is 1130. The van der Waals surface area contributed by atoms with Gasteiger partial charge in [0.05, 0.1) is 11.6 Å². The summed E-state index contributed by atoms with van der Waals surface area (Å²) >= 11 is 6.03. The molecule has 4 rings (SSSR count). The van der Waals surface area contributed by atoms with E-state index < -0.39 is 0 Å². The van der Waals surface area contributed by atoms with Gasteiger partial charge in [-0.3, -0.25) is 9.59 Å². The lowest BCUT2D eigenvalue weighted by molar-refractivity contribution is 0.0939. The average Bonchev–Trinajstić information content (AvgIpc) is 2.85. The van der Waals surface area contributed by atoms with Crippen LogP contribution < -0.4 is 15.5 Å². The summed E-state index contributed by atoms with van der Waals surface area (Å²) in [7, 11) is 0. The van der Waals surface area contributed by atoms with Crippen LogP contribution in [0, 0.1) is 0 Å². The molecule has 1 aliphatic rings. The quantitative estimate of drug-likeness (QED) is 0.468. The molecule has 3 aromatic carbocycles. The van der Waals surface area contributed by atoms with Crippen LogP contribution >= 0.6 is 11.6 Å². The Labute approximate surface area is 199 Å². The Hall–Kier alpha value is -3.31. The molecule has 3 aromatic rings. The van der Waals surface area contributed by atoms with Crippen molar-refractivity contribution in [3.8, 4) is 0 Å². The van der Waals surface area contributed by atoms with Crippen molar-refractivity contribution in [2.24, 2.45) is 0 Å². The predicted molar refractivity (Wildman–Crippen MR) is 134 cm³/mol. The fourth-order valence-electron chi connectivity index (χ4n) is 4.14. The SMILES string of the molecule is CC(NC(=O)c1cc(NC(=O)c2cccc(Cl)c2)ccc1N1CCCCC1)c1ccccc1. The maximum atomic E-state index is 13.4. The van der Waals surface area contributed by atoms with E-state index in [2.05, 4.69) is 15.5 Å². The van der Waals surface area contributed by atoms with Gasteiger partial charge in [-0.25, -0.2) is 0 Å². The third-order valence-corrected chi connectivity index (χ3v) is 6.16. The number of carbonyl (C=O) groups excluding carboxylic acids is 2.